The maximum absolute atomic E-state index is 12.3. The second-order valence-electron chi connectivity index (χ2n) is 5.70. The fraction of sp³-hybridized carbons (Fsp3) is 0.846. The largest absolute Gasteiger partial charge is 0.479 e. The van der Waals surface area contributed by atoms with Crippen molar-refractivity contribution in [3.8, 4) is 0 Å². The molecule has 0 aliphatic carbocycles. The van der Waals surface area contributed by atoms with E-state index in [0.29, 0.717) is 19.5 Å². The number of carbonyl (C=O) groups is 2. The Balaban J connectivity index is 3.05. The minimum absolute atomic E-state index is 0.324. The predicted molar refractivity (Wildman–Crippen MR) is 67.3 cm³/mol. The minimum atomic E-state index is -1.50. The Morgan fingerprint density at radius 2 is 1.94 bits per heavy atom. The van der Waals surface area contributed by atoms with Crippen LogP contribution >= 0.6 is 0 Å². The van der Waals surface area contributed by atoms with E-state index in [0.717, 1.165) is 12.8 Å². The number of likely N-dealkylation sites (N-methyl/N-ethyl adjacent to an activating group) is 1. The molecule has 1 atom stereocenters. The predicted octanol–water partition coefficient (Wildman–Crippen LogP) is 1.66. The summed E-state index contributed by atoms with van der Waals surface area (Å²) in [6.07, 6.45) is 1.98. The number of nitrogens with zero attached hydrogens (tertiary/aromatic N) is 1. The second-order valence-corrected chi connectivity index (χ2v) is 5.70. The first-order valence-electron chi connectivity index (χ1n) is 6.46. The van der Waals surface area contributed by atoms with E-state index in [4.69, 9.17) is 4.74 Å². The number of ether oxygens (including phenoxy) is 1. The van der Waals surface area contributed by atoms with Crippen molar-refractivity contribution < 1.29 is 19.4 Å². The third kappa shape index (κ3) is 2.83. The lowest BCUT2D eigenvalue weighted by Gasteiger charge is -2.42. The maximum atomic E-state index is 12.3. The minimum Gasteiger partial charge on any atom is -0.479 e. The van der Waals surface area contributed by atoms with Crippen molar-refractivity contribution in [2.24, 2.45) is 0 Å². The first-order chi connectivity index (χ1) is 8.24. The molecular formula is C13H23NO4. The molecule has 5 nitrogen and oxygen atoms in total. The SMILES string of the molecule is CCN1CCCCC1(C(=O)O)C(=O)OC(C)(C)C. The standard InChI is InChI=1S/C13H23NO4/c1-5-14-9-7-6-8-13(14,10(15)16)11(17)18-12(2,3)4/h5-9H2,1-4H3,(H,15,16). The van der Waals surface area contributed by atoms with Gasteiger partial charge in [0.15, 0.2) is 0 Å². The Labute approximate surface area is 108 Å². The number of likely N-dealkylation sites (tertiary alicyclic amines) is 1. The van der Waals surface area contributed by atoms with Gasteiger partial charge >= 0.3 is 11.9 Å². The van der Waals surface area contributed by atoms with E-state index in [1.54, 1.807) is 25.7 Å². The van der Waals surface area contributed by atoms with Crippen LogP contribution < -0.4 is 0 Å². The lowest BCUT2D eigenvalue weighted by molar-refractivity contribution is -0.182. The fourth-order valence-corrected chi connectivity index (χ4v) is 2.38. The zero-order valence-electron chi connectivity index (χ0n) is 11.7. The number of rotatable bonds is 3. The van der Waals surface area contributed by atoms with Crippen LogP contribution in [0.25, 0.3) is 0 Å². The first-order valence-corrected chi connectivity index (χ1v) is 6.46. The van der Waals surface area contributed by atoms with Gasteiger partial charge in [0.05, 0.1) is 0 Å². The normalized spacial score (nSPS) is 25.8. The molecule has 0 aromatic rings. The van der Waals surface area contributed by atoms with Gasteiger partial charge in [0.1, 0.15) is 5.60 Å². The summed E-state index contributed by atoms with van der Waals surface area (Å²) in [5, 5.41) is 9.52. The van der Waals surface area contributed by atoms with Crippen molar-refractivity contribution in [2.75, 3.05) is 13.1 Å². The molecule has 18 heavy (non-hydrogen) atoms. The molecule has 1 saturated heterocycles. The van der Waals surface area contributed by atoms with E-state index in [-0.39, 0.29) is 0 Å². The summed E-state index contributed by atoms with van der Waals surface area (Å²) in [4.78, 5) is 25.6. The van der Waals surface area contributed by atoms with Gasteiger partial charge in [-0.15, -0.1) is 0 Å². The number of piperidine rings is 1. The number of aliphatic carboxylic acids is 1. The smallest absolute Gasteiger partial charge is 0.338 e. The monoisotopic (exact) mass is 257 g/mol. The molecule has 1 fully saturated rings. The van der Waals surface area contributed by atoms with Crippen LogP contribution in [0.5, 0.6) is 0 Å². The average Bonchev–Trinajstić information content (AvgIpc) is 2.25. The van der Waals surface area contributed by atoms with E-state index >= 15 is 0 Å². The summed E-state index contributed by atoms with van der Waals surface area (Å²) in [5.41, 5.74) is -2.17. The Kier molecular flexibility index (Phi) is 4.37. The van der Waals surface area contributed by atoms with Gasteiger partial charge in [0, 0.05) is 0 Å². The van der Waals surface area contributed by atoms with Gasteiger partial charge in [0.2, 0.25) is 5.54 Å². The van der Waals surface area contributed by atoms with Gasteiger partial charge in [-0.2, -0.15) is 0 Å². The van der Waals surface area contributed by atoms with Crippen LogP contribution in [-0.4, -0.2) is 46.2 Å². The lowest BCUT2D eigenvalue weighted by Crippen LogP contribution is -2.63. The molecule has 0 saturated carbocycles. The van der Waals surface area contributed by atoms with E-state index in [9.17, 15) is 14.7 Å². The van der Waals surface area contributed by atoms with Crippen molar-refractivity contribution in [3.05, 3.63) is 0 Å². The highest BCUT2D eigenvalue weighted by molar-refractivity contribution is 6.04. The van der Waals surface area contributed by atoms with Crippen LogP contribution in [-0.2, 0) is 14.3 Å². The van der Waals surface area contributed by atoms with Crippen LogP contribution in [0.15, 0.2) is 0 Å². The molecular weight excluding hydrogens is 234 g/mol. The van der Waals surface area contributed by atoms with Gasteiger partial charge in [-0.1, -0.05) is 6.92 Å². The van der Waals surface area contributed by atoms with E-state index < -0.39 is 23.1 Å². The third-order valence-corrected chi connectivity index (χ3v) is 3.23. The van der Waals surface area contributed by atoms with Crippen LogP contribution in [0, 0.1) is 0 Å². The van der Waals surface area contributed by atoms with E-state index in [1.807, 2.05) is 6.92 Å². The zero-order chi connectivity index (χ0) is 14.0. The first kappa shape index (κ1) is 15.0. The van der Waals surface area contributed by atoms with Gasteiger partial charge in [-0.3, -0.25) is 4.90 Å². The van der Waals surface area contributed by atoms with Gasteiger partial charge in [0.25, 0.3) is 0 Å². The Morgan fingerprint density at radius 3 is 2.39 bits per heavy atom. The summed E-state index contributed by atoms with van der Waals surface area (Å²) >= 11 is 0. The Bertz CT molecular complexity index is 334. The Hall–Kier alpha value is -1.10. The molecule has 1 unspecified atom stereocenters. The molecule has 1 aliphatic rings. The molecule has 0 radical (unpaired) electrons. The fourth-order valence-electron chi connectivity index (χ4n) is 2.38. The molecule has 1 aliphatic heterocycles. The quantitative estimate of drug-likeness (QED) is 0.615. The lowest BCUT2D eigenvalue weighted by atomic mass is 9.86. The summed E-state index contributed by atoms with van der Waals surface area (Å²) < 4.78 is 5.31. The van der Waals surface area contributed by atoms with Crippen molar-refractivity contribution in [2.45, 2.75) is 58.1 Å². The number of hydrogen-bond donors (Lipinski definition) is 1. The summed E-state index contributed by atoms with van der Waals surface area (Å²) in [6.45, 7) is 8.28. The molecule has 1 N–H and O–H groups in total. The van der Waals surface area contributed by atoms with Gasteiger partial charge in [-0.05, 0) is 53.1 Å². The zero-order valence-corrected chi connectivity index (χ0v) is 11.7. The molecule has 104 valence electrons. The third-order valence-electron chi connectivity index (χ3n) is 3.23. The number of carboxylic acids is 1. The van der Waals surface area contributed by atoms with Crippen molar-refractivity contribution >= 4 is 11.9 Å². The van der Waals surface area contributed by atoms with Crippen LogP contribution in [0.1, 0.15) is 47.0 Å². The molecule has 1 rings (SSSR count). The van der Waals surface area contributed by atoms with Gasteiger partial charge < -0.3 is 9.84 Å². The highest BCUT2D eigenvalue weighted by Crippen LogP contribution is 2.31. The van der Waals surface area contributed by atoms with Crippen molar-refractivity contribution in [1.29, 1.82) is 0 Å². The second kappa shape index (κ2) is 5.26. The molecule has 0 aromatic heterocycles. The molecule has 0 bridgehead atoms. The highest BCUT2D eigenvalue weighted by Gasteiger charge is 2.54. The molecule has 0 amide bonds. The molecule has 0 spiro atoms. The van der Waals surface area contributed by atoms with Crippen molar-refractivity contribution in [1.82, 2.24) is 4.90 Å². The number of carbonyl (C=O) groups excluding carboxylic acids is 1. The number of carboxylic acid groups (broad SMARTS) is 1. The van der Waals surface area contributed by atoms with Crippen LogP contribution in [0.3, 0.4) is 0 Å². The molecule has 1 heterocycles. The van der Waals surface area contributed by atoms with Crippen molar-refractivity contribution in [3.63, 3.8) is 0 Å². The summed E-state index contributed by atoms with van der Waals surface area (Å²) in [6, 6.07) is 0. The molecule has 0 aromatic carbocycles. The average molecular weight is 257 g/mol. The number of esters is 1. The van der Waals surface area contributed by atoms with Crippen LogP contribution in [0.2, 0.25) is 0 Å². The summed E-state index contributed by atoms with van der Waals surface area (Å²) in [5.74, 6) is -1.73. The highest BCUT2D eigenvalue weighted by atomic mass is 16.6. The van der Waals surface area contributed by atoms with Crippen LogP contribution in [0.4, 0.5) is 0 Å². The van der Waals surface area contributed by atoms with Gasteiger partial charge in [-0.25, -0.2) is 9.59 Å². The summed E-state index contributed by atoms with van der Waals surface area (Å²) in [7, 11) is 0. The maximum Gasteiger partial charge on any atom is 0.338 e. The van der Waals surface area contributed by atoms with E-state index in [1.165, 1.54) is 0 Å². The van der Waals surface area contributed by atoms with E-state index in [2.05, 4.69) is 0 Å². The molecule has 5 heteroatoms. The number of hydrogen-bond acceptors (Lipinski definition) is 4. The Morgan fingerprint density at radius 1 is 1.33 bits per heavy atom. The topological polar surface area (TPSA) is 66.8 Å².